The molecule has 0 bridgehead atoms. The SMILES string of the molecule is Nc1ccc(OCC(=O)OCCC(F)(F)F)cc1. The summed E-state index contributed by atoms with van der Waals surface area (Å²) in [4.78, 5) is 11.0. The first-order chi connectivity index (χ1) is 8.37. The summed E-state index contributed by atoms with van der Waals surface area (Å²) < 4.78 is 44.6. The smallest absolute Gasteiger partial charge is 0.392 e. The number of hydrogen-bond donors (Lipinski definition) is 1. The first kappa shape index (κ1) is 14.1. The zero-order chi connectivity index (χ0) is 13.6. The van der Waals surface area contributed by atoms with E-state index in [1.807, 2.05) is 0 Å². The van der Waals surface area contributed by atoms with E-state index in [-0.39, 0.29) is 0 Å². The van der Waals surface area contributed by atoms with Crippen molar-refractivity contribution in [1.29, 1.82) is 0 Å². The van der Waals surface area contributed by atoms with Crippen molar-refractivity contribution in [2.75, 3.05) is 18.9 Å². The molecule has 0 aliphatic rings. The van der Waals surface area contributed by atoms with E-state index in [2.05, 4.69) is 4.74 Å². The van der Waals surface area contributed by atoms with E-state index in [1.54, 1.807) is 24.3 Å². The van der Waals surface area contributed by atoms with Crippen LogP contribution >= 0.6 is 0 Å². The normalized spacial score (nSPS) is 11.1. The fourth-order valence-electron chi connectivity index (χ4n) is 1.03. The highest BCUT2D eigenvalue weighted by Crippen LogP contribution is 2.19. The maximum Gasteiger partial charge on any atom is 0.392 e. The van der Waals surface area contributed by atoms with Crippen LogP contribution in [0.4, 0.5) is 18.9 Å². The molecule has 4 nitrogen and oxygen atoms in total. The van der Waals surface area contributed by atoms with Crippen LogP contribution in [0.1, 0.15) is 6.42 Å². The van der Waals surface area contributed by atoms with Crippen LogP contribution in [0.5, 0.6) is 5.75 Å². The Labute approximate surface area is 101 Å². The second-order valence-electron chi connectivity index (χ2n) is 3.44. The van der Waals surface area contributed by atoms with Crippen LogP contribution in [0.3, 0.4) is 0 Å². The molecule has 0 amide bonds. The third-order valence-corrected chi connectivity index (χ3v) is 1.89. The van der Waals surface area contributed by atoms with Crippen molar-refractivity contribution >= 4 is 11.7 Å². The average molecular weight is 263 g/mol. The van der Waals surface area contributed by atoms with E-state index in [0.29, 0.717) is 11.4 Å². The molecule has 0 spiro atoms. The summed E-state index contributed by atoms with van der Waals surface area (Å²) in [5, 5.41) is 0. The highest BCUT2D eigenvalue weighted by atomic mass is 19.4. The lowest BCUT2D eigenvalue weighted by atomic mass is 10.3. The topological polar surface area (TPSA) is 61.5 Å². The molecule has 0 heterocycles. The van der Waals surface area contributed by atoms with Crippen LogP contribution in [-0.4, -0.2) is 25.4 Å². The minimum absolute atomic E-state index is 0.386. The van der Waals surface area contributed by atoms with E-state index >= 15 is 0 Å². The molecule has 2 N–H and O–H groups in total. The summed E-state index contributed by atoms with van der Waals surface area (Å²) in [5.41, 5.74) is 5.97. The Balaban J connectivity index is 2.23. The first-order valence-electron chi connectivity index (χ1n) is 5.07. The zero-order valence-electron chi connectivity index (χ0n) is 9.37. The Bertz CT molecular complexity index is 390. The van der Waals surface area contributed by atoms with E-state index in [0.717, 1.165) is 0 Å². The van der Waals surface area contributed by atoms with E-state index in [4.69, 9.17) is 10.5 Å². The molecule has 0 unspecified atom stereocenters. The number of esters is 1. The molecule has 0 aromatic heterocycles. The van der Waals surface area contributed by atoms with Gasteiger partial charge in [0.2, 0.25) is 0 Å². The predicted octanol–water partition coefficient (Wildman–Crippen LogP) is 2.14. The molecule has 0 atom stereocenters. The van der Waals surface area contributed by atoms with Gasteiger partial charge in [0.25, 0.3) is 0 Å². The molecule has 0 aliphatic heterocycles. The Morgan fingerprint density at radius 1 is 1.22 bits per heavy atom. The number of hydrogen-bond acceptors (Lipinski definition) is 4. The summed E-state index contributed by atoms with van der Waals surface area (Å²) in [6.45, 7) is -1.14. The Hall–Kier alpha value is -1.92. The Morgan fingerprint density at radius 3 is 2.39 bits per heavy atom. The maximum absolute atomic E-state index is 11.8. The molecular weight excluding hydrogens is 251 g/mol. The molecular formula is C11H12F3NO3. The summed E-state index contributed by atoms with van der Waals surface area (Å²) in [7, 11) is 0. The number of nitrogen functional groups attached to an aromatic ring is 1. The number of ether oxygens (including phenoxy) is 2. The fraction of sp³-hybridized carbons (Fsp3) is 0.364. The van der Waals surface area contributed by atoms with Crippen molar-refractivity contribution in [1.82, 2.24) is 0 Å². The van der Waals surface area contributed by atoms with Crippen molar-refractivity contribution in [2.24, 2.45) is 0 Å². The molecule has 0 saturated carbocycles. The van der Waals surface area contributed by atoms with Crippen molar-refractivity contribution in [3.8, 4) is 5.75 Å². The van der Waals surface area contributed by atoms with Crippen molar-refractivity contribution < 1.29 is 27.4 Å². The quantitative estimate of drug-likeness (QED) is 0.653. The Kier molecular flexibility index (Phi) is 4.82. The lowest BCUT2D eigenvalue weighted by Crippen LogP contribution is -2.19. The van der Waals surface area contributed by atoms with Crippen molar-refractivity contribution in [2.45, 2.75) is 12.6 Å². The van der Waals surface area contributed by atoms with E-state index in [1.165, 1.54) is 0 Å². The number of rotatable bonds is 5. The van der Waals surface area contributed by atoms with Gasteiger partial charge in [-0.15, -0.1) is 0 Å². The molecule has 7 heteroatoms. The third kappa shape index (κ3) is 5.97. The number of halogens is 3. The second-order valence-corrected chi connectivity index (χ2v) is 3.44. The molecule has 1 rings (SSSR count). The minimum Gasteiger partial charge on any atom is -0.482 e. The van der Waals surface area contributed by atoms with Gasteiger partial charge in [-0.1, -0.05) is 0 Å². The summed E-state index contributed by atoms with van der Waals surface area (Å²) >= 11 is 0. The van der Waals surface area contributed by atoms with Crippen molar-refractivity contribution in [3.63, 3.8) is 0 Å². The molecule has 1 aromatic rings. The minimum atomic E-state index is -4.34. The van der Waals surface area contributed by atoms with Gasteiger partial charge < -0.3 is 15.2 Å². The summed E-state index contributed by atoms with van der Waals surface area (Å²) in [5.74, 6) is -0.465. The number of carbonyl (C=O) groups excluding carboxylic acids is 1. The molecule has 0 fully saturated rings. The number of benzene rings is 1. The van der Waals surface area contributed by atoms with Gasteiger partial charge in [0.1, 0.15) is 12.4 Å². The van der Waals surface area contributed by atoms with Gasteiger partial charge in [0.15, 0.2) is 6.61 Å². The van der Waals surface area contributed by atoms with Gasteiger partial charge in [0.05, 0.1) is 6.42 Å². The predicted molar refractivity (Wildman–Crippen MR) is 58.0 cm³/mol. The van der Waals surface area contributed by atoms with Crippen LogP contribution < -0.4 is 10.5 Å². The third-order valence-electron chi connectivity index (χ3n) is 1.89. The standard InChI is InChI=1S/C11H12F3NO3/c12-11(13,14)5-6-17-10(16)7-18-9-3-1-8(15)2-4-9/h1-4H,5-7,15H2. The zero-order valence-corrected chi connectivity index (χ0v) is 9.37. The van der Waals surface area contributed by atoms with Gasteiger partial charge in [0, 0.05) is 5.69 Å². The van der Waals surface area contributed by atoms with Crippen molar-refractivity contribution in [3.05, 3.63) is 24.3 Å². The number of nitrogens with two attached hydrogens (primary N) is 1. The molecule has 100 valence electrons. The average Bonchev–Trinajstić information content (AvgIpc) is 2.26. The fourth-order valence-corrected chi connectivity index (χ4v) is 1.03. The van der Waals surface area contributed by atoms with Gasteiger partial charge in [-0.25, -0.2) is 4.79 Å². The molecule has 18 heavy (non-hydrogen) atoms. The summed E-state index contributed by atoms with van der Waals surface area (Å²) in [6.07, 6.45) is -5.50. The highest BCUT2D eigenvalue weighted by molar-refractivity contribution is 5.71. The number of anilines is 1. The highest BCUT2D eigenvalue weighted by Gasteiger charge is 2.27. The van der Waals surface area contributed by atoms with Crippen LogP contribution in [0, 0.1) is 0 Å². The van der Waals surface area contributed by atoms with Crippen LogP contribution in [0.25, 0.3) is 0 Å². The van der Waals surface area contributed by atoms with E-state index < -0.39 is 31.8 Å². The van der Waals surface area contributed by atoms with Gasteiger partial charge in [-0.05, 0) is 24.3 Å². The molecule has 0 saturated heterocycles. The van der Waals surface area contributed by atoms with Gasteiger partial charge in [-0.2, -0.15) is 13.2 Å². The Morgan fingerprint density at radius 2 is 1.83 bits per heavy atom. The lowest BCUT2D eigenvalue weighted by Gasteiger charge is -2.08. The van der Waals surface area contributed by atoms with Crippen LogP contribution in [0.15, 0.2) is 24.3 Å². The summed E-state index contributed by atoms with van der Waals surface area (Å²) in [6, 6.07) is 6.23. The van der Waals surface area contributed by atoms with Gasteiger partial charge in [-0.3, -0.25) is 0 Å². The van der Waals surface area contributed by atoms with E-state index in [9.17, 15) is 18.0 Å². The van der Waals surface area contributed by atoms with Crippen LogP contribution in [0.2, 0.25) is 0 Å². The first-order valence-corrected chi connectivity index (χ1v) is 5.07. The monoisotopic (exact) mass is 263 g/mol. The second kappa shape index (κ2) is 6.13. The molecule has 1 aromatic carbocycles. The molecule has 0 radical (unpaired) electrons. The number of alkyl halides is 3. The maximum atomic E-state index is 11.8. The largest absolute Gasteiger partial charge is 0.482 e. The van der Waals surface area contributed by atoms with Crippen LogP contribution in [-0.2, 0) is 9.53 Å². The molecule has 0 aliphatic carbocycles. The number of carbonyl (C=O) groups is 1. The van der Waals surface area contributed by atoms with Gasteiger partial charge >= 0.3 is 12.1 Å². The lowest BCUT2D eigenvalue weighted by molar-refractivity contribution is -0.160.